The Labute approximate surface area is 422 Å². The maximum Gasteiger partial charge on any atom is 0.200 e. The van der Waals surface area contributed by atoms with Gasteiger partial charge in [-0.1, -0.05) is 33.0 Å². The first-order chi connectivity index (χ1) is 32.6. The Bertz CT molecular complexity index is 2840. The van der Waals surface area contributed by atoms with Crippen molar-refractivity contribution in [3.8, 4) is 34.5 Å². The molecule has 4 aromatic rings. The molecule has 2 aliphatic carbocycles. The largest absolute Gasteiger partial charge is 0.507 e. The maximum absolute atomic E-state index is 13.9. The zero-order valence-electron chi connectivity index (χ0n) is 42.6. The summed E-state index contributed by atoms with van der Waals surface area (Å²) in [6.07, 6.45) is 0. The summed E-state index contributed by atoms with van der Waals surface area (Å²) in [5.74, 6) is -0.808. The number of anilines is 4. The molecular weight excluding hydrogens is 945 g/mol. The zero-order valence-corrected chi connectivity index (χ0v) is 43.6. The van der Waals surface area contributed by atoms with Gasteiger partial charge in [0, 0.05) is 22.6 Å². The minimum atomic E-state index is -1.84. The third-order valence-electron chi connectivity index (χ3n) is 11.4. The van der Waals surface area contributed by atoms with E-state index in [1.165, 1.54) is 24.3 Å². The number of hydrogen-bond acceptors (Lipinski definition) is 16. The molecule has 0 spiro atoms. The number of rotatable bonds is 16. The fourth-order valence-electron chi connectivity index (χ4n) is 7.89. The Kier molecular flexibility index (Phi) is 17.4. The van der Waals surface area contributed by atoms with Crippen LogP contribution in [0.2, 0.25) is 19.6 Å². The molecule has 0 atom stereocenters. The Morgan fingerprint density at radius 2 is 0.750 bits per heavy atom. The predicted molar refractivity (Wildman–Crippen MR) is 277 cm³/mol. The lowest BCUT2D eigenvalue weighted by Crippen LogP contribution is -2.40. The second-order valence-electron chi connectivity index (χ2n) is 21.1. The van der Waals surface area contributed by atoms with E-state index in [4.69, 9.17) is 0 Å². The Morgan fingerprint density at radius 1 is 0.458 bits per heavy atom. The van der Waals surface area contributed by atoms with E-state index in [1.807, 2.05) is 0 Å². The minimum Gasteiger partial charge on any atom is -0.507 e. The molecule has 0 fully saturated rings. The van der Waals surface area contributed by atoms with Crippen LogP contribution < -0.4 is 21.3 Å². The van der Waals surface area contributed by atoms with Crippen LogP contribution in [0.4, 0.5) is 22.7 Å². The second kappa shape index (κ2) is 21.6. The predicted octanol–water partition coefficient (Wildman–Crippen LogP) is 5.43. The summed E-state index contributed by atoms with van der Waals surface area (Å²) in [4.78, 5) is 54.8. The van der Waals surface area contributed by atoms with Crippen LogP contribution in [0.1, 0.15) is 82.2 Å². The Hall–Kier alpha value is -6.58. The molecule has 6 rings (SSSR count). The number of hydroxylamine groups is 12. The lowest BCUT2D eigenvalue weighted by molar-refractivity contribution is -1.07. The summed E-state index contributed by atoms with van der Waals surface area (Å²) in [5.41, 5.74) is 5.22. The molecule has 0 saturated carbocycles. The van der Waals surface area contributed by atoms with Crippen LogP contribution in [-0.2, 0) is 0 Å². The van der Waals surface area contributed by atoms with Crippen molar-refractivity contribution in [2.45, 2.75) is 34.0 Å². The fraction of sp³-hybridized carbons (Fsp3) is 0.412. The van der Waals surface area contributed by atoms with Crippen molar-refractivity contribution in [1.82, 2.24) is 0 Å². The third kappa shape index (κ3) is 13.9. The first kappa shape index (κ1) is 58.0. The quantitative estimate of drug-likeness (QED) is 0.0189. The molecule has 0 radical (unpaired) electrons. The molecular formula is C51H74N8O12Si+4. The lowest BCUT2D eigenvalue weighted by atomic mass is 9.80. The molecule has 390 valence electrons. The number of phenolic OH excluding ortho intramolecular Hbond substituents is 4. The number of benzene rings is 4. The van der Waals surface area contributed by atoms with Crippen LogP contribution >= 0.6 is 0 Å². The molecule has 72 heavy (non-hydrogen) atoms. The van der Waals surface area contributed by atoms with Crippen LogP contribution in [0, 0.1) is 18.4 Å². The number of aryl methyl sites for hydroxylation is 1. The number of hydrogen-bond donors (Lipinski definition) is 12. The number of likely N-dealkylation sites (N-methyl/N-ethyl adjacent to an activating group) is 4. The summed E-state index contributed by atoms with van der Waals surface area (Å²) >= 11 is 0. The van der Waals surface area contributed by atoms with E-state index >= 15 is 0 Å². The molecule has 0 amide bonds. The van der Waals surface area contributed by atoms with E-state index in [0.717, 1.165) is 0 Å². The SMILES string of the molecule is C.C[N+](C)(O)CCNc1cc(C#C[Si](C)(C)C)c(NCC[N+](C)(C)O)c2c1C(=O)c1c(O)ccc(O)c1C2=O.Cc1cc(NCC[N+](C)(C)O)c2c(c1NCC[N+](C)(C)O)C(=O)c1c(O)ccc(O)c1C2=O. The topological polar surface area (TPSA) is 278 Å². The lowest BCUT2D eigenvalue weighted by Gasteiger charge is -2.27. The summed E-state index contributed by atoms with van der Waals surface area (Å²) in [5, 5.41) is 94.6. The normalized spacial score (nSPS) is 13.3. The van der Waals surface area contributed by atoms with Gasteiger partial charge in [0.1, 0.15) is 57.3 Å². The highest BCUT2D eigenvalue weighted by Gasteiger charge is 2.41. The number of aromatic hydroxyl groups is 4. The van der Waals surface area contributed by atoms with Gasteiger partial charge in [0.25, 0.3) is 0 Å². The molecule has 2 aliphatic rings. The molecule has 12 N–H and O–H groups in total. The monoisotopic (exact) mass is 1020 g/mol. The third-order valence-corrected chi connectivity index (χ3v) is 12.3. The Morgan fingerprint density at radius 3 is 1.08 bits per heavy atom. The van der Waals surface area contributed by atoms with E-state index in [0.29, 0.717) is 73.1 Å². The van der Waals surface area contributed by atoms with Gasteiger partial charge in [-0.25, -0.2) is 20.8 Å². The van der Waals surface area contributed by atoms with Gasteiger partial charge in [-0.2, -0.15) is 18.6 Å². The number of phenols is 4. The molecule has 0 saturated heterocycles. The van der Waals surface area contributed by atoms with E-state index < -0.39 is 42.7 Å². The summed E-state index contributed by atoms with van der Waals surface area (Å²) in [6.45, 7) is 10.5. The van der Waals surface area contributed by atoms with Crippen LogP contribution in [0.3, 0.4) is 0 Å². The molecule has 4 aromatic carbocycles. The van der Waals surface area contributed by atoms with Crippen molar-refractivity contribution < 1.29 is 79.0 Å². The van der Waals surface area contributed by atoms with Crippen LogP contribution in [0.5, 0.6) is 23.0 Å². The average Bonchev–Trinajstić information content (AvgIpc) is 3.21. The van der Waals surface area contributed by atoms with Gasteiger partial charge in [0.15, 0.2) is 0 Å². The van der Waals surface area contributed by atoms with Crippen LogP contribution in [0.15, 0.2) is 36.4 Å². The Balaban J connectivity index is 0.000000311. The number of carbonyl (C=O) groups is 4. The fourth-order valence-corrected chi connectivity index (χ4v) is 8.40. The number of nitrogens with zero attached hydrogens (tertiary/aromatic N) is 4. The van der Waals surface area contributed by atoms with Crippen molar-refractivity contribution in [3.63, 3.8) is 0 Å². The van der Waals surface area contributed by atoms with Gasteiger partial charge in [0.05, 0.1) is 133 Å². The molecule has 0 aromatic heterocycles. The highest BCUT2D eigenvalue weighted by Crippen LogP contribution is 2.45. The number of ketones is 4. The molecule has 0 aliphatic heterocycles. The standard InChI is InChI=1S/C27H36N4O6Si.C23H30N4O6.CH4/c1-30(2,36)13-11-28-18-16-17(10-15-38(5,6)7)25(29-12-14-31(3,4)37)24-21(18)26(34)22-19(32)8-9-20(33)23(22)27(24)35;1-13-12-14(24-8-10-26(2,3)32)17-20(21(13)25-9-11-27(4,5)33)23(31)19-16(29)7-6-15(28)18(19)22(17)30;/h8-9,16,36-37H,11-14H2,1-7H3,(H2-2,28,29,32,33,34,35);6-7,12,32-33H,8-11H2,1-5H3,(H2-2,24,25,28,29,30,31);1H4/p+4. The van der Waals surface area contributed by atoms with Gasteiger partial charge in [-0.05, 0) is 48.9 Å². The van der Waals surface area contributed by atoms with Gasteiger partial charge in [-0.3, -0.25) is 19.2 Å². The summed E-state index contributed by atoms with van der Waals surface area (Å²) in [7, 11) is 11.1. The zero-order chi connectivity index (χ0) is 53.3. The smallest absolute Gasteiger partial charge is 0.200 e. The number of fused-ring (bicyclic) bond motifs is 4. The van der Waals surface area contributed by atoms with Crippen molar-refractivity contribution in [1.29, 1.82) is 0 Å². The first-order valence-electron chi connectivity index (χ1n) is 23.0. The molecule has 21 heteroatoms. The molecule has 0 heterocycles. The molecule has 0 bridgehead atoms. The number of carbonyl (C=O) groups excluding carboxylic acids is 4. The van der Waals surface area contributed by atoms with Crippen molar-refractivity contribution in [3.05, 3.63) is 92.0 Å². The van der Waals surface area contributed by atoms with Crippen molar-refractivity contribution in [2.75, 3.05) is 130 Å². The average molecular weight is 1020 g/mol. The highest BCUT2D eigenvalue weighted by molar-refractivity contribution is 6.83. The van der Waals surface area contributed by atoms with Crippen LogP contribution in [-0.4, -0.2) is 200 Å². The van der Waals surface area contributed by atoms with Gasteiger partial charge in [0.2, 0.25) is 23.1 Å². The summed E-state index contributed by atoms with van der Waals surface area (Å²) < 4.78 is -1.19. The van der Waals surface area contributed by atoms with E-state index in [9.17, 15) is 60.4 Å². The molecule has 0 unspecified atom stereocenters. The van der Waals surface area contributed by atoms with Crippen molar-refractivity contribution >= 4 is 54.0 Å². The van der Waals surface area contributed by atoms with Gasteiger partial charge < -0.3 is 41.7 Å². The second-order valence-corrected chi connectivity index (χ2v) is 25.8. The molecule has 20 nitrogen and oxygen atoms in total. The van der Waals surface area contributed by atoms with Crippen molar-refractivity contribution in [2.24, 2.45) is 0 Å². The van der Waals surface area contributed by atoms with Gasteiger partial charge >= 0.3 is 0 Å². The maximum atomic E-state index is 13.9. The van der Waals surface area contributed by atoms with E-state index in [1.54, 1.807) is 75.4 Å². The minimum absolute atomic E-state index is 0. The first-order valence-corrected chi connectivity index (χ1v) is 26.5. The summed E-state index contributed by atoms with van der Waals surface area (Å²) in [6, 6.07) is 8.14. The van der Waals surface area contributed by atoms with E-state index in [2.05, 4.69) is 52.4 Å². The number of quaternary nitrogens is 4. The highest BCUT2D eigenvalue weighted by atomic mass is 28.3. The van der Waals surface area contributed by atoms with E-state index in [-0.39, 0.29) is 95.1 Å². The van der Waals surface area contributed by atoms with Crippen LogP contribution in [0.25, 0.3) is 0 Å². The number of nitrogens with one attached hydrogen (secondary N) is 4. The van der Waals surface area contributed by atoms with Gasteiger partial charge in [-0.15, -0.1) is 5.54 Å².